The minimum Gasteiger partial charge on any atom is -0.502 e. The van der Waals surface area contributed by atoms with E-state index in [4.69, 9.17) is 4.74 Å². The zero-order chi connectivity index (χ0) is 24.7. The predicted octanol–water partition coefficient (Wildman–Crippen LogP) is 3.61. The number of rotatable bonds is 10. The summed E-state index contributed by atoms with van der Waals surface area (Å²) in [5, 5.41) is 23.2. The van der Waals surface area contributed by atoms with Gasteiger partial charge in [0.2, 0.25) is 0 Å². The second-order valence-electron chi connectivity index (χ2n) is 7.36. The van der Waals surface area contributed by atoms with Crippen LogP contribution in [-0.2, 0) is 10.0 Å². The highest BCUT2D eigenvalue weighted by atomic mass is 32.2. The number of carbonyl (C=O) groups is 1. The Morgan fingerprint density at radius 2 is 1.82 bits per heavy atom. The van der Waals surface area contributed by atoms with Crippen LogP contribution in [-0.4, -0.2) is 37.5 Å². The van der Waals surface area contributed by atoms with E-state index in [1.807, 2.05) is 31.2 Å². The molecule has 3 aromatic carbocycles. The van der Waals surface area contributed by atoms with Crippen molar-refractivity contribution >= 4 is 27.3 Å². The molecule has 0 aromatic heterocycles. The first-order valence-electron chi connectivity index (χ1n) is 10.2. The van der Waals surface area contributed by atoms with Crippen LogP contribution in [0.3, 0.4) is 0 Å². The molecule has 178 valence electrons. The molecule has 10 nitrogen and oxygen atoms in total. The standard InChI is InChI=1S/C23H23N3O7S/c1-16-4-2-5-19(14-16)33-13-3-12-24-23(28)17-6-8-18(9-7-17)25-34(31,32)20-10-11-22(27)21(15-20)26(29)30/h2,4-11,14-15,25,27H,3,12-13H2,1H3,(H,24,28). The predicted molar refractivity (Wildman–Crippen MR) is 126 cm³/mol. The van der Waals surface area contributed by atoms with Crippen LogP contribution in [0.4, 0.5) is 11.4 Å². The molecule has 34 heavy (non-hydrogen) atoms. The molecule has 0 bridgehead atoms. The molecule has 0 saturated heterocycles. The van der Waals surface area contributed by atoms with Gasteiger partial charge in [-0.05, 0) is 67.4 Å². The number of carbonyl (C=O) groups excluding carboxylic acids is 1. The van der Waals surface area contributed by atoms with Crippen molar-refractivity contribution in [2.45, 2.75) is 18.2 Å². The van der Waals surface area contributed by atoms with Crippen molar-refractivity contribution in [3.8, 4) is 11.5 Å². The maximum absolute atomic E-state index is 12.5. The zero-order valence-electron chi connectivity index (χ0n) is 18.2. The lowest BCUT2D eigenvalue weighted by Gasteiger charge is -2.10. The van der Waals surface area contributed by atoms with Crippen LogP contribution < -0.4 is 14.8 Å². The number of hydrogen-bond acceptors (Lipinski definition) is 7. The van der Waals surface area contributed by atoms with E-state index in [1.54, 1.807) is 0 Å². The van der Waals surface area contributed by atoms with Crippen molar-refractivity contribution in [2.24, 2.45) is 0 Å². The molecule has 0 saturated carbocycles. The van der Waals surface area contributed by atoms with Gasteiger partial charge in [-0.25, -0.2) is 8.42 Å². The zero-order valence-corrected chi connectivity index (χ0v) is 19.0. The molecule has 0 aliphatic heterocycles. The highest BCUT2D eigenvalue weighted by Crippen LogP contribution is 2.29. The van der Waals surface area contributed by atoms with E-state index in [0.717, 1.165) is 29.5 Å². The van der Waals surface area contributed by atoms with Crippen LogP contribution in [0.2, 0.25) is 0 Å². The van der Waals surface area contributed by atoms with Gasteiger partial charge in [0.1, 0.15) is 5.75 Å². The van der Waals surface area contributed by atoms with Crippen LogP contribution >= 0.6 is 0 Å². The van der Waals surface area contributed by atoms with Crippen molar-refractivity contribution < 1.29 is 28.0 Å². The smallest absolute Gasteiger partial charge is 0.312 e. The summed E-state index contributed by atoms with van der Waals surface area (Å²) in [6.07, 6.45) is 0.607. The largest absolute Gasteiger partial charge is 0.502 e. The highest BCUT2D eigenvalue weighted by molar-refractivity contribution is 7.92. The maximum atomic E-state index is 12.5. The molecule has 0 aliphatic carbocycles. The number of anilines is 1. The maximum Gasteiger partial charge on any atom is 0.312 e. The number of amides is 1. The van der Waals surface area contributed by atoms with Gasteiger partial charge in [-0.3, -0.25) is 19.6 Å². The summed E-state index contributed by atoms with van der Waals surface area (Å²) >= 11 is 0. The van der Waals surface area contributed by atoms with Crippen LogP contribution in [0.15, 0.2) is 71.6 Å². The van der Waals surface area contributed by atoms with Crippen molar-refractivity contribution in [3.05, 3.63) is 88.0 Å². The number of sulfonamides is 1. The quantitative estimate of drug-likeness (QED) is 0.226. The van der Waals surface area contributed by atoms with Gasteiger partial charge in [-0.1, -0.05) is 12.1 Å². The topological polar surface area (TPSA) is 148 Å². The second kappa shape index (κ2) is 10.7. The van der Waals surface area contributed by atoms with Crippen LogP contribution in [0.1, 0.15) is 22.3 Å². The molecule has 1 amide bonds. The first kappa shape index (κ1) is 24.5. The third-order valence-corrected chi connectivity index (χ3v) is 6.10. The molecule has 3 aromatic rings. The summed E-state index contributed by atoms with van der Waals surface area (Å²) in [6, 6.07) is 16.1. The molecular weight excluding hydrogens is 462 g/mol. The highest BCUT2D eigenvalue weighted by Gasteiger charge is 2.21. The number of benzene rings is 3. The number of nitrogens with one attached hydrogen (secondary N) is 2. The third kappa shape index (κ3) is 6.45. The SMILES string of the molecule is Cc1cccc(OCCCNC(=O)c2ccc(NS(=O)(=O)c3ccc(O)c([N+](=O)[O-])c3)cc2)c1. The first-order valence-corrected chi connectivity index (χ1v) is 11.7. The molecule has 0 unspecified atom stereocenters. The van der Waals surface area contributed by atoms with Crippen LogP contribution in [0, 0.1) is 17.0 Å². The Bertz CT molecular complexity index is 1290. The number of ether oxygens (including phenoxy) is 1. The van der Waals surface area contributed by atoms with Gasteiger partial charge in [0, 0.05) is 23.9 Å². The normalized spacial score (nSPS) is 11.0. The van der Waals surface area contributed by atoms with Crippen molar-refractivity contribution in [3.63, 3.8) is 0 Å². The Kier molecular flexibility index (Phi) is 7.69. The Balaban J connectivity index is 1.52. The van der Waals surface area contributed by atoms with E-state index in [9.17, 15) is 28.4 Å². The van der Waals surface area contributed by atoms with E-state index >= 15 is 0 Å². The molecular formula is C23H23N3O7S. The molecule has 0 fully saturated rings. The monoisotopic (exact) mass is 485 g/mol. The van der Waals surface area contributed by atoms with E-state index in [2.05, 4.69) is 10.0 Å². The van der Waals surface area contributed by atoms with Gasteiger partial charge in [0.15, 0.2) is 5.75 Å². The summed E-state index contributed by atoms with van der Waals surface area (Å²) in [7, 11) is -4.15. The Labute approximate surface area is 196 Å². The lowest BCUT2D eigenvalue weighted by molar-refractivity contribution is -0.386. The molecule has 0 heterocycles. The summed E-state index contributed by atoms with van der Waals surface area (Å²) in [5.41, 5.74) is 0.877. The van der Waals surface area contributed by atoms with E-state index < -0.39 is 26.4 Å². The number of hydrogen-bond donors (Lipinski definition) is 3. The number of phenolic OH excluding ortho intramolecular Hbond substituents is 1. The van der Waals surface area contributed by atoms with Crippen LogP contribution in [0.5, 0.6) is 11.5 Å². The van der Waals surface area contributed by atoms with Gasteiger partial charge in [-0.15, -0.1) is 0 Å². The molecule has 3 N–H and O–H groups in total. The molecule has 0 aliphatic rings. The van der Waals surface area contributed by atoms with Crippen molar-refractivity contribution in [2.75, 3.05) is 17.9 Å². The minimum atomic E-state index is -4.15. The molecule has 0 spiro atoms. The van der Waals surface area contributed by atoms with Crippen molar-refractivity contribution in [1.82, 2.24) is 5.32 Å². The number of nitro groups is 1. The molecule has 3 rings (SSSR count). The average Bonchev–Trinajstić information content (AvgIpc) is 2.79. The molecule has 11 heteroatoms. The fourth-order valence-corrected chi connectivity index (χ4v) is 4.07. The summed E-state index contributed by atoms with van der Waals surface area (Å²) in [5.74, 6) is -0.188. The number of aromatic hydroxyl groups is 1. The second-order valence-corrected chi connectivity index (χ2v) is 9.05. The van der Waals surface area contributed by atoms with E-state index in [1.165, 1.54) is 24.3 Å². The van der Waals surface area contributed by atoms with Gasteiger partial charge >= 0.3 is 5.69 Å². The molecule has 0 radical (unpaired) electrons. The Morgan fingerprint density at radius 1 is 1.09 bits per heavy atom. The Hall–Kier alpha value is -4.12. The van der Waals surface area contributed by atoms with Crippen LogP contribution in [0.25, 0.3) is 0 Å². The van der Waals surface area contributed by atoms with Gasteiger partial charge in [-0.2, -0.15) is 0 Å². The number of nitrogens with zero attached hydrogens (tertiary/aromatic N) is 1. The Morgan fingerprint density at radius 3 is 2.50 bits per heavy atom. The summed E-state index contributed by atoms with van der Waals surface area (Å²) in [4.78, 5) is 22.0. The minimum absolute atomic E-state index is 0.166. The fraction of sp³-hybridized carbons (Fsp3) is 0.174. The lowest BCUT2D eigenvalue weighted by Crippen LogP contribution is -2.25. The van der Waals surface area contributed by atoms with Gasteiger partial charge in [0.05, 0.1) is 16.4 Å². The van der Waals surface area contributed by atoms with Crippen molar-refractivity contribution in [1.29, 1.82) is 0 Å². The average molecular weight is 486 g/mol. The number of aryl methyl sites for hydroxylation is 1. The number of phenols is 1. The lowest BCUT2D eigenvalue weighted by atomic mass is 10.2. The molecule has 0 atom stereocenters. The summed E-state index contributed by atoms with van der Waals surface area (Å²) in [6.45, 7) is 2.82. The third-order valence-electron chi connectivity index (χ3n) is 4.72. The van der Waals surface area contributed by atoms with E-state index in [-0.39, 0.29) is 16.5 Å². The number of nitro benzene ring substituents is 1. The summed E-state index contributed by atoms with van der Waals surface area (Å²) < 4.78 is 33.0. The van der Waals surface area contributed by atoms with E-state index in [0.29, 0.717) is 25.1 Å². The fourth-order valence-electron chi connectivity index (χ4n) is 2.99. The van der Waals surface area contributed by atoms with Gasteiger partial charge < -0.3 is 15.2 Å². The van der Waals surface area contributed by atoms with Gasteiger partial charge in [0.25, 0.3) is 15.9 Å². The first-order chi connectivity index (χ1) is 16.2.